The number of ether oxygens (including phenoxy) is 1. The summed E-state index contributed by atoms with van der Waals surface area (Å²) in [5.74, 6) is -1.14. The highest BCUT2D eigenvalue weighted by Gasteiger charge is 2.22. The molecule has 9 nitrogen and oxygen atoms in total. The van der Waals surface area contributed by atoms with Crippen molar-refractivity contribution in [3.63, 3.8) is 0 Å². The molecule has 1 aromatic heterocycles. The Labute approximate surface area is 202 Å². The maximum atomic E-state index is 13.1. The van der Waals surface area contributed by atoms with E-state index in [2.05, 4.69) is 20.6 Å². The number of nitrogens with one attached hydrogen (secondary N) is 4. The average Bonchev–Trinajstić information content (AvgIpc) is 3.31. The van der Waals surface area contributed by atoms with Gasteiger partial charge in [-0.25, -0.2) is 8.42 Å². The number of aryl methyl sites for hydroxylation is 1. The van der Waals surface area contributed by atoms with Gasteiger partial charge in [-0.05, 0) is 48.4 Å². The minimum absolute atomic E-state index is 0.0201. The first kappa shape index (κ1) is 23.8. The number of benzene rings is 3. The van der Waals surface area contributed by atoms with Gasteiger partial charge in [0, 0.05) is 28.4 Å². The third-order valence-corrected chi connectivity index (χ3v) is 6.86. The second kappa shape index (κ2) is 9.90. The van der Waals surface area contributed by atoms with E-state index >= 15 is 0 Å². The van der Waals surface area contributed by atoms with Gasteiger partial charge in [0.2, 0.25) is 0 Å². The Morgan fingerprint density at radius 3 is 2.37 bits per heavy atom. The van der Waals surface area contributed by atoms with Crippen LogP contribution in [-0.2, 0) is 16.4 Å². The predicted octanol–water partition coefficient (Wildman–Crippen LogP) is 3.61. The normalized spacial score (nSPS) is 11.1. The van der Waals surface area contributed by atoms with Gasteiger partial charge in [-0.2, -0.15) is 0 Å². The second-order valence-electron chi connectivity index (χ2n) is 7.68. The lowest BCUT2D eigenvalue weighted by Gasteiger charge is -2.14. The number of hydrogen-bond donors (Lipinski definition) is 4. The number of carbonyl (C=O) groups excluding carboxylic acids is 2. The van der Waals surface area contributed by atoms with Crippen LogP contribution >= 0.6 is 0 Å². The molecule has 0 aliphatic heterocycles. The number of aromatic nitrogens is 1. The van der Waals surface area contributed by atoms with Gasteiger partial charge >= 0.3 is 0 Å². The summed E-state index contributed by atoms with van der Waals surface area (Å²) in [5, 5.41) is 0.704. The molecule has 35 heavy (non-hydrogen) atoms. The molecule has 180 valence electrons. The van der Waals surface area contributed by atoms with Crippen molar-refractivity contribution < 1.29 is 22.7 Å². The van der Waals surface area contributed by atoms with Gasteiger partial charge in [-0.3, -0.25) is 25.2 Å². The molecular weight excluding hydrogens is 468 g/mol. The van der Waals surface area contributed by atoms with E-state index in [0.717, 1.165) is 17.5 Å². The van der Waals surface area contributed by atoms with E-state index in [1.165, 1.54) is 25.3 Å². The molecule has 1 heterocycles. The maximum absolute atomic E-state index is 13.1. The van der Waals surface area contributed by atoms with Gasteiger partial charge < -0.3 is 9.72 Å². The van der Waals surface area contributed by atoms with Crippen LogP contribution in [0.3, 0.4) is 0 Å². The zero-order valence-corrected chi connectivity index (χ0v) is 19.9. The minimum Gasteiger partial charge on any atom is -0.495 e. The van der Waals surface area contributed by atoms with Crippen molar-refractivity contribution in [2.45, 2.75) is 18.2 Å². The Morgan fingerprint density at radius 1 is 0.943 bits per heavy atom. The molecule has 0 spiro atoms. The van der Waals surface area contributed by atoms with Crippen molar-refractivity contribution >= 4 is 38.4 Å². The molecule has 4 rings (SSSR count). The number of aromatic amines is 1. The quantitative estimate of drug-likeness (QED) is 0.293. The molecule has 4 N–H and O–H groups in total. The van der Waals surface area contributed by atoms with E-state index in [1.54, 1.807) is 30.5 Å². The lowest BCUT2D eigenvalue weighted by Crippen LogP contribution is -2.41. The van der Waals surface area contributed by atoms with Crippen molar-refractivity contribution in [2.75, 3.05) is 11.8 Å². The Morgan fingerprint density at radius 2 is 1.66 bits per heavy atom. The van der Waals surface area contributed by atoms with Crippen LogP contribution in [0.2, 0.25) is 0 Å². The average molecular weight is 493 g/mol. The number of rotatable bonds is 7. The Kier molecular flexibility index (Phi) is 6.74. The zero-order chi connectivity index (χ0) is 25.0. The minimum atomic E-state index is -4.07. The van der Waals surface area contributed by atoms with Crippen LogP contribution in [0, 0.1) is 0 Å². The van der Waals surface area contributed by atoms with Crippen LogP contribution in [0.1, 0.15) is 33.2 Å². The summed E-state index contributed by atoms with van der Waals surface area (Å²) in [4.78, 5) is 28.0. The van der Waals surface area contributed by atoms with Crippen molar-refractivity contribution in [2.24, 2.45) is 0 Å². The van der Waals surface area contributed by atoms with Crippen LogP contribution in [0.15, 0.2) is 77.8 Å². The summed E-state index contributed by atoms with van der Waals surface area (Å²) in [6.45, 7) is 2.00. The van der Waals surface area contributed by atoms with Crippen LogP contribution < -0.4 is 20.3 Å². The van der Waals surface area contributed by atoms with Gasteiger partial charge in [-0.1, -0.05) is 37.3 Å². The fourth-order valence-electron chi connectivity index (χ4n) is 3.56. The number of para-hydroxylation sites is 1. The van der Waals surface area contributed by atoms with E-state index in [1.807, 2.05) is 31.2 Å². The third kappa shape index (κ3) is 5.12. The number of H-pyrrole nitrogens is 1. The highest BCUT2D eigenvalue weighted by atomic mass is 32.2. The van der Waals surface area contributed by atoms with Gasteiger partial charge in [0.25, 0.3) is 21.8 Å². The molecule has 0 saturated heterocycles. The number of hydrogen-bond acceptors (Lipinski definition) is 5. The van der Waals surface area contributed by atoms with E-state index in [9.17, 15) is 18.0 Å². The maximum Gasteiger partial charge on any atom is 0.271 e. The number of methoxy groups -OCH3 is 1. The lowest BCUT2D eigenvalue weighted by atomic mass is 10.2. The molecule has 0 aliphatic rings. The Hall–Kier alpha value is -4.31. The molecule has 0 fully saturated rings. The van der Waals surface area contributed by atoms with Gasteiger partial charge in [0.05, 0.1) is 12.7 Å². The number of carbonyl (C=O) groups is 2. The highest BCUT2D eigenvalue weighted by molar-refractivity contribution is 7.92. The number of amides is 2. The fraction of sp³-hybridized carbons (Fsp3) is 0.120. The highest BCUT2D eigenvalue weighted by Crippen LogP contribution is 2.27. The summed E-state index contributed by atoms with van der Waals surface area (Å²) in [5.41, 5.74) is 7.29. The molecule has 10 heteroatoms. The molecule has 3 aromatic carbocycles. The number of sulfonamides is 1. The smallest absolute Gasteiger partial charge is 0.271 e. The van der Waals surface area contributed by atoms with Crippen molar-refractivity contribution in [1.82, 2.24) is 15.8 Å². The summed E-state index contributed by atoms with van der Waals surface area (Å²) < 4.78 is 33.8. The molecule has 0 saturated carbocycles. The monoisotopic (exact) mass is 492 g/mol. The molecule has 0 unspecified atom stereocenters. The first-order valence-electron chi connectivity index (χ1n) is 10.8. The van der Waals surface area contributed by atoms with Gasteiger partial charge in [0.1, 0.15) is 10.6 Å². The van der Waals surface area contributed by atoms with Crippen molar-refractivity contribution in [3.05, 3.63) is 89.6 Å². The summed E-state index contributed by atoms with van der Waals surface area (Å²) in [6, 6.07) is 18.2. The van der Waals surface area contributed by atoms with E-state index < -0.39 is 21.8 Å². The molecule has 0 atom stereocenters. The predicted molar refractivity (Wildman–Crippen MR) is 133 cm³/mol. The first-order valence-corrected chi connectivity index (χ1v) is 12.3. The lowest BCUT2D eigenvalue weighted by molar-refractivity contribution is 0.0847. The van der Waals surface area contributed by atoms with Gasteiger partial charge in [-0.15, -0.1) is 0 Å². The van der Waals surface area contributed by atoms with Crippen LogP contribution in [-0.4, -0.2) is 32.3 Å². The van der Waals surface area contributed by atoms with Crippen LogP contribution in [0.25, 0.3) is 10.9 Å². The Bertz CT molecular complexity index is 1490. The summed E-state index contributed by atoms with van der Waals surface area (Å²) in [6.07, 6.45) is 2.37. The Balaban J connectivity index is 1.52. The number of anilines is 1. The van der Waals surface area contributed by atoms with Crippen molar-refractivity contribution in [3.8, 4) is 5.75 Å². The number of hydrazine groups is 1. The molecular formula is C25H24N4O5S. The SMILES string of the molecule is CCc1ccc(NS(=O)(=O)c2cc(C(=O)NNC(=O)c3c[nH]c4ccccc34)ccc2OC)cc1. The molecule has 2 amide bonds. The van der Waals surface area contributed by atoms with E-state index in [0.29, 0.717) is 16.6 Å². The van der Waals surface area contributed by atoms with Crippen LogP contribution in [0.5, 0.6) is 5.75 Å². The standard InChI is InChI=1S/C25H24N4O5S/c1-3-16-8-11-18(12-9-16)29-35(32,33)23-14-17(10-13-22(23)34-2)24(30)27-28-25(31)20-15-26-21-7-5-4-6-19(20)21/h4-15,26,29H,3H2,1-2H3,(H,27,30)(H,28,31). The molecule has 0 bridgehead atoms. The van der Waals surface area contributed by atoms with Gasteiger partial charge in [0.15, 0.2) is 0 Å². The number of fused-ring (bicyclic) bond motifs is 1. The third-order valence-electron chi connectivity index (χ3n) is 5.45. The summed E-state index contributed by atoms with van der Waals surface area (Å²) in [7, 11) is -2.73. The molecule has 0 aliphatic carbocycles. The van der Waals surface area contributed by atoms with Crippen LogP contribution in [0.4, 0.5) is 5.69 Å². The van der Waals surface area contributed by atoms with Crippen molar-refractivity contribution in [1.29, 1.82) is 0 Å². The molecule has 0 radical (unpaired) electrons. The zero-order valence-electron chi connectivity index (χ0n) is 19.1. The summed E-state index contributed by atoms with van der Waals surface area (Å²) >= 11 is 0. The largest absolute Gasteiger partial charge is 0.495 e. The topological polar surface area (TPSA) is 129 Å². The van der Waals surface area contributed by atoms with E-state index in [-0.39, 0.29) is 16.2 Å². The fourth-order valence-corrected chi connectivity index (χ4v) is 4.81. The van der Waals surface area contributed by atoms with E-state index in [4.69, 9.17) is 4.74 Å². The molecule has 4 aromatic rings. The first-order chi connectivity index (χ1) is 16.8. The second-order valence-corrected chi connectivity index (χ2v) is 9.33.